The van der Waals surface area contributed by atoms with Crippen LogP contribution in [0, 0.1) is 0 Å². The van der Waals surface area contributed by atoms with Gasteiger partial charge in [-0.15, -0.1) is 0 Å². The standard InChI is InChI=1S/C23H22F3N3O/c24-23(25,26)18-9-10-20(29-12-2-1-3-13-29)19(15-18)28-21(30)14-17-7-4-6-16-8-5-11-27-22(16)17/h4-11,15H,1-3,12-14H2,(H,28,30). The molecule has 0 radical (unpaired) electrons. The van der Waals surface area contributed by atoms with E-state index < -0.39 is 11.7 Å². The van der Waals surface area contributed by atoms with Crippen LogP contribution < -0.4 is 10.2 Å². The van der Waals surface area contributed by atoms with E-state index >= 15 is 0 Å². The van der Waals surface area contributed by atoms with E-state index in [9.17, 15) is 18.0 Å². The third kappa shape index (κ3) is 4.40. The first-order valence-corrected chi connectivity index (χ1v) is 10.0. The van der Waals surface area contributed by atoms with Gasteiger partial charge in [-0.3, -0.25) is 9.78 Å². The lowest BCUT2D eigenvalue weighted by Gasteiger charge is -2.31. The lowest BCUT2D eigenvalue weighted by atomic mass is 10.1. The predicted molar refractivity (Wildman–Crippen MR) is 112 cm³/mol. The van der Waals surface area contributed by atoms with Gasteiger partial charge in [-0.1, -0.05) is 24.3 Å². The quantitative estimate of drug-likeness (QED) is 0.621. The van der Waals surface area contributed by atoms with E-state index in [1.807, 2.05) is 35.2 Å². The topological polar surface area (TPSA) is 45.2 Å². The minimum Gasteiger partial charge on any atom is -0.370 e. The average molecular weight is 413 g/mol. The van der Waals surface area contributed by atoms with Crippen molar-refractivity contribution in [3.63, 3.8) is 0 Å². The van der Waals surface area contributed by atoms with E-state index in [-0.39, 0.29) is 18.0 Å². The number of pyridine rings is 1. The monoisotopic (exact) mass is 413 g/mol. The van der Waals surface area contributed by atoms with E-state index in [4.69, 9.17) is 0 Å². The molecule has 30 heavy (non-hydrogen) atoms. The lowest BCUT2D eigenvalue weighted by molar-refractivity contribution is -0.137. The molecule has 0 saturated carbocycles. The number of alkyl halides is 3. The summed E-state index contributed by atoms with van der Waals surface area (Å²) in [5, 5.41) is 3.64. The molecule has 4 rings (SSSR count). The number of anilines is 2. The number of rotatable bonds is 4. The summed E-state index contributed by atoms with van der Waals surface area (Å²) in [5.74, 6) is -0.370. The molecule has 2 heterocycles. The molecular formula is C23H22F3N3O. The fourth-order valence-corrected chi connectivity index (χ4v) is 3.90. The Morgan fingerprint density at radius 2 is 1.80 bits per heavy atom. The Morgan fingerprint density at radius 1 is 1.03 bits per heavy atom. The molecule has 3 aromatic rings. The molecule has 1 fully saturated rings. The number of amides is 1. The minimum atomic E-state index is -4.47. The number of para-hydroxylation sites is 1. The van der Waals surface area contributed by atoms with Crippen LogP contribution in [0.15, 0.2) is 54.7 Å². The summed E-state index contributed by atoms with van der Waals surface area (Å²) in [6.45, 7) is 1.53. The first-order valence-electron chi connectivity index (χ1n) is 10.0. The highest BCUT2D eigenvalue weighted by Crippen LogP contribution is 2.36. The van der Waals surface area contributed by atoms with Gasteiger partial charge in [-0.25, -0.2) is 0 Å². The smallest absolute Gasteiger partial charge is 0.370 e. The van der Waals surface area contributed by atoms with Gasteiger partial charge >= 0.3 is 6.18 Å². The molecule has 1 saturated heterocycles. The first kappa shape index (κ1) is 20.2. The number of carbonyl (C=O) groups is 1. The largest absolute Gasteiger partial charge is 0.416 e. The van der Waals surface area contributed by atoms with Crippen molar-refractivity contribution in [1.82, 2.24) is 4.98 Å². The molecule has 0 spiro atoms. The number of piperidine rings is 1. The van der Waals surface area contributed by atoms with Gasteiger partial charge in [0.25, 0.3) is 0 Å². The zero-order valence-electron chi connectivity index (χ0n) is 16.4. The summed E-state index contributed by atoms with van der Waals surface area (Å²) in [7, 11) is 0. The third-order valence-corrected chi connectivity index (χ3v) is 5.36. The number of benzene rings is 2. The van der Waals surface area contributed by atoms with Crippen molar-refractivity contribution >= 4 is 28.2 Å². The summed E-state index contributed by atoms with van der Waals surface area (Å²) in [6.07, 6.45) is 0.285. The Hall–Kier alpha value is -3.09. The molecule has 1 aliphatic rings. The van der Waals surface area contributed by atoms with E-state index in [1.165, 1.54) is 6.07 Å². The van der Waals surface area contributed by atoms with Crippen LogP contribution >= 0.6 is 0 Å². The molecule has 1 amide bonds. The van der Waals surface area contributed by atoms with Crippen LogP contribution in [0.4, 0.5) is 24.5 Å². The molecule has 1 N–H and O–H groups in total. The summed E-state index contributed by atoms with van der Waals surface area (Å²) in [4.78, 5) is 19.2. The summed E-state index contributed by atoms with van der Waals surface area (Å²) in [5.41, 5.74) is 1.51. The average Bonchev–Trinajstić information content (AvgIpc) is 2.74. The van der Waals surface area contributed by atoms with Crippen LogP contribution in [0.5, 0.6) is 0 Å². The van der Waals surface area contributed by atoms with Crippen molar-refractivity contribution in [2.45, 2.75) is 31.9 Å². The second-order valence-electron chi connectivity index (χ2n) is 7.49. The molecule has 1 aromatic heterocycles. The maximum absolute atomic E-state index is 13.3. The highest BCUT2D eigenvalue weighted by molar-refractivity contribution is 5.97. The second kappa shape index (κ2) is 8.34. The number of halogens is 3. The Balaban J connectivity index is 1.62. The van der Waals surface area contributed by atoms with Crippen LogP contribution in [-0.2, 0) is 17.4 Å². The van der Waals surface area contributed by atoms with Crippen LogP contribution in [0.25, 0.3) is 10.9 Å². The van der Waals surface area contributed by atoms with Crippen molar-refractivity contribution in [1.29, 1.82) is 0 Å². The van der Waals surface area contributed by atoms with E-state index in [0.29, 0.717) is 5.69 Å². The Bertz CT molecular complexity index is 1050. The lowest BCUT2D eigenvalue weighted by Crippen LogP contribution is -2.30. The van der Waals surface area contributed by atoms with E-state index in [1.54, 1.807) is 6.20 Å². The van der Waals surface area contributed by atoms with Gasteiger partial charge < -0.3 is 10.2 Å². The molecule has 2 aromatic carbocycles. The maximum atomic E-state index is 13.3. The molecule has 0 aliphatic carbocycles. The molecule has 0 bridgehead atoms. The van der Waals surface area contributed by atoms with Crippen LogP contribution in [0.3, 0.4) is 0 Å². The molecule has 0 unspecified atom stereocenters. The Labute approximate surface area is 172 Å². The van der Waals surface area contributed by atoms with Crippen molar-refractivity contribution < 1.29 is 18.0 Å². The van der Waals surface area contributed by atoms with Crippen molar-refractivity contribution in [3.05, 3.63) is 65.9 Å². The van der Waals surface area contributed by atoms with E-state index in [0.717, 1.165) is 61.0 Å². The van der Waals surface area contributed by atoms with Gasteiger partial charge in [-0.05, 0) is 49.1 Å². The van der Waals surface area contributed by atoms with Crippen molar-refractivity contribution in [3.8, 4) is 0 Å². The van der Waals surface area contributed by atoms with Crippen LogP contribution in [-0.4, -0.2) is 24.0 Å². The normalized spacial score (nSPS) is 14.7. The van der Waals surface area contributed by atoms with Gasteiger partial charge in [-0.2, -0.15) is 13.2 Å². The fraction of sp³-hybridized carbons (Fsp3) is 0.304. The molecule has 156 valence electrons. The van der Waals surface area contributed by atoms with Gasteiger partial charge in [0.05, 0.1) is 28.9 Å². The van der Waals surface area contributed by atoms with Gasteiger partial charge in [0.2, 0.25) is 5.91 Å². The number of aromatic nitrogens is 1. The summed E-state index contributed by atoms with van der Waals surface area (Å²) >= 11 is 0. The minimum absolute atomic E-state index is 0.0318. The third-order valence-electron chi connectivity index (χ3n) is 5.36. The number of nitrogens with zero attached hydrogens (tertiary/aromatic N) is 2. The number of carbonyl (C=O) groups excluding carboxylic acids is 1. The fourth-order valence-electron chi connectivity index (χ4n) is 3.90. The number of fused-ring (bicyclic) bond motifs is 1. The van der Waals surface area contributed by atoms with Crippen LogP contribution in [0.1, 0.15) is 30.4 Å². The highest BCUT2D eigenvalue weighted by atomic mass is 19.4. The number of hydrogen-bond acceptors (Lipinski definition) is 3. The molecular weight excluding hydrogens is 391 g/mol. The molecule has 0 atom stereocenters. The number of hydrogen-bond donors (Lipinski definition) is 1. The molecule has 4 nitrogen and oxygen atoms in total. The predicted octanol–water partition coefficient (Wildman–Crippen LogP) is 5.43. The molecule has 1 aliphatic heterocycles. The highest BCUT2D eigenvalue weighted by Gasteiger charge is 2.32. The summed E-state index contributed by atoms with van der Waals surface area (Å²) in [6, 6.07) is 12.9. The number of nitrogens with one attached hydrogen (secondary N) is 1. The Kier molecular flexibility index (Phi) is 5.61. The first-order chi connectivity index (χ1) is 14.4. The van der Waals surface area contributed by atoms with E-state index in [2.05, 4.69) is 10.3 Å². The Morgan fingerprint density at radius 3 is 2.57 bits per heavy atom. The second-order valence-corrected chi connectivity index (χ2v) is 7.49. The van der Waals surface area contributed by atoms with Crippen molar-refractivity contribution in [2.24, 2.45) is 0 Å². The van der Waals surface area contributed by atoms with Gasteiger partial charge in [0, 0.05) is 24.7 Å². The molecule has 7 heteroatoms. The SMILES string of the molecule is O=C(Cc1cccc2cccnc12)Nc1cc(C(F)(F)F)ccc1N1CCCCC1. The van der Waals surface area contributed by atoms with Crippen LogP contribution in [0.2, 0.25) is 0 Å². The van der Waals surface area contributed by atoms with Crippen molar-refractivity contribution in [2.75, 3.05) is 23.3 Å². The maximum Gasteiger partial charge on any atom is 0.416 e. The zero-order chi connectivity index (χ0) is 21.1. The van der Waals surface area contributed by atoms with Gasteiger partial charge in [0.15, 0.2) is 0 Å². The van der Waals surface area contributed by atoms with Gasteiger partial charge in [0.1, 0.15) is 0 Å². The zero-order valence-corrected chi connectivity index (χ0v) is 16.4. The summed E-state index contributed by atoms with van der Waals surface area (Å²) < 4.78 is 39.8.